The van der Waals surface area contributed by atoms with E-state index in [2.05, 4.69) is 17.2 Å². The van der Waals surface area contributed by atoms with Gasteiger partial charge in [0.1, 0.15) is 0 Å². The van der Waals surface area contributed by atoms with Crippen LogP contribution in [-0.4, -0.2) is 25.3 Å². The van der Waals surface area contributed by atoms with Crippen molar-refractivity contribution < 1.29 is 14.3 Å². The number of thioether (sulfide) groups is 1. The number of hydrogen-bond donors (Lipinski definition) is 1. The summed E-state index contributed by atoms with van der Waals surface area (Å²) >= 11 is 1.32. The van der Waals surface area contributed by atoms with Crippen molar-refractivity contribution in [3.63, 3.8) is 0 Å². The first-order valence-electron chi connectivity index (χ1n) is 8.09. The molecule has 0 bridgehead atoms. The maximum absolute atomic E-state index is 12.2. The van der Waals surface area contributed by atoms with Gasteiger partial charge in [-0.2, -0.15) is 0 Å². The lowest BCUT2D eigenvalue weighted by Gasteiger charge is -2.07. The Morgan fingerprint density at radius 3 is 2.46 bits per heavy atom. The fourth-order valence-corrected chi connectivity index (χ4v) is 3.33. The van der Waals surface area contributed by atoms with E-state index in [4.69, 9.17) is 9.47 Å². The number of hydrogen-bond acceptors (Lipinski definition) is 5. The van der Waals surface area contributed by atoms with Crippen molar-refractivity contribution in [1.82, 2.24) is 5.32 Å². The monoisotopic (exact) mass is 368 g/mol. The highest BCUT2D eigenvalue weighted by atomic mass is 32.2. The summed E-state index contributed by atoms with van der Waals surface area (Å²) < 4.78 is 10.5. The highest BCUT2D eigenvalue weighted by Crippen LogP contribution is 2.32. The standard InChI is InChI=1S/C20H20N2O3S/c1-12-5-7-15(9-13(12)2)21-20-22-19(23)18(26-20)11-14-6-8-16(24-3)17(10-14)25-4/h5-11H,1-4H3,(H,21,22,23)/b18-11-. The zero-order valence-electron chi connectivity index (χ0n) is 15.1. The Bertz CT molecular complexity index is 919. The summed E-state index contributed by atoms with van der Waals surface area (Å²) in [6.07, 6.45) is 1.81. The average Bonchev–Trinajstić information content (AvgIpc) is 2.97. The van der Waals surface area contributed by atoms with Gasteiger partial charge in [0.15, 0.2) is 16.7 Å². The number of methoxy groups -OCH3 is 2. The number of amidine groups is 1. The minimum Gasteiger partial charge on any atom is -0.493 e. The minimum atomic E-state index is -0.160. The first-order chi connectivity index (χ1) is 12.5. The van der Waals surface area contributed by atoms with E-state index < -0.39 is 0 Å². The Labute approximate surface area is 157 Å². The van der Waals surface area contributed by atoms with Crippen LogP contribution in [0, 0.1) is 13.8 Å². The smallest absolute Gasteiger partial charge is 0.264 e. The Balaban J connectivity index is 1.84. The molecule has 0 aliphatic carbocycles. The van der Waals surface area contributed by atoms with Crippen LogP contribution in [-0.2, 0) is 4.79 Å². The zero-order valence-corrected chi connectivity index (χ0v) is 15.9. The summed E-state index contributed by atoms with van der Waals surface area (Å²) in [5, 5.41) is 3.38. The lowest BCUT2D eigenvalue weighted by atomic mass is 10.1. The molecule has 0 radical (unpaired) electrons. The van der Waals surface area contributed by atoms with Gasteiger partial charge in [-0.05, 0) is 72.6 Å². The molecule has 5 nitrogen and oxygen atoms in total. The number of aliphatic imine (C=N–C) groups is 1. The quantitative estimate of drug-likeness (QED) is 0.821. The molecule has 0 atom stereocenters. The third-order valence-electron chi connectivity index (χ3n) is 4.08. The summed E-state index contributed by atoms with van der Waals surface area (Å²) in [4.78, 5) is 17.3. The van der Waals surface area contributed by atoms with Crippen LogP contribution in [0.1, 0.15) is 16.7 Å². The van der Waals surface area contributed by atoms with Gasteiger partial charge in [-0.25, -0.2) is 4.99 Å². The van der Waals surface area contributed by atoms with E-state index in [1.165, 1.54) is 22.9 Å². The summed E-state index contributed by atoms with van der Waals surface area (Å²) in [7, 11) is 3.17. The van der Waals surface area contributed by atoms with Crippen LogP contribution in [0.25, 0.3) is 6.08 Å². The number of amides is 1. The second-order valence-corrected chi connectivity index (χ2v) is 6.90. The maximum atomic E-state index is 12.2. The fraction of sp³-hybridized carbons (Fsp3) is 0.200. The van der Waals surface area contributed by atoms with Gasteiger partial charge < -0.3 is 14.8 Å². The molecule has 0 aromatic heterocycles. The number of rotatable bonds is 4. The summed E-state index contributed by atoms with van der Waals surface area (Å²) in [6.45, 7) is 4.10. The van der Waals surface area contributed by atoms with E-state index in [-0.39, 0.29) is 5.91 Å². The van der Waals surface area contributed by atoms with Crippen molar-refractivity contribution in [1.29, 1.82) is 0 Å². The summed E-state index contributed by atoms with van der Waals surface area (Å²) in [5.41, 5.74) is 4.06. The molecule has 1 aliphatic rings. The Morgan fingerprint density at radius 2 is 1.77 bits per heavy atom. The van der Waals surface area contributed by atoms with E-state index >= 15 is 0 Å². The number of aryl methyl sites for hydroxylation is 2. The highest BCUT2D eigenvalue weighted by molar-refractivity contribution is 8.18. The molecule has 26 heavy (non-hydrogen) atoms. The van der Waals surface area contributed by atoms with Crippen molar-refractivity contribution in [3.8, 4) is 11.5 Å². The molecule has 0 unspecified atom stereocenters. The molecule has 0 saturated carbocycles. The summed E-state index contributed by atoms with van der Waals surface area (Å²) in [5.74, 6) is 1.11. The van der Waals surface area contributed by atoms with Crippen LogP contribution in [0.2, 0.25) is 0 Å². The van der Waals surface area contributed by atoms with Crippen molar-refractivity contribution in [2.45, 2.75) is 13.8 Å². The van der Waals surface area contributed by atoms with Crippen LogP contribution >= 0.6 is 11.8 Å². The van der Waals surface area contributed by atoms with Crippen LogP contribution in [0.3, 0.4) is 0 Å². The predicted octanol–water partition coefficient (Wildman–Crippen LogP) is 4.21. The summed E-state index contributed by atoms with van der Waals surface area (Å²) in [6, 6.07) is 11.5. The molecule has 3 rings (SSSR count). The number of carbonyl (C=O) groups is 1. The van der Waals surface area contributed by atoms with E-state index in [1.807, 2.05) is 49.4 Å². The zero-order chi connectivity index (χ0) is 18.7. The number of carbonyl (C=O) groups excluding carboxylic acids is 1. The average molecular weight is 368 g/mol. The fourth-order valence-electron chi connectivity index (χ4n) is 2.49. The van der Waals surface area contributed by atoms with Gasteiger partial charge in [-0.3, -0.25) is 4.79 Å². The largest absolute Gasteiger partial charge is 0.493 e. The van der Waals surface area contributed by atoms with Gasteiger partial charge in [0, 0.05) is 0 Å². The Kier molecular flexibility index (Phi) is 5.32. The lowest BCUT2D eigenvalue weighted by molar-refractivity contribution is -0.115. The number of ether oxygens (including phenoxy) is 2. The molecule has 1 amide bonds. The van der Waals surface area contributed by atoms with Crippen molar-refractivity contribution in [3.05, 3.63) is 58.0 Å². The SMILES string of the molecule is COc1ccc(/C=C2\SC(=Nc3ccc(C)c(C)c3)NC2=O)cc1OC. The topological polar surface area (TPSA) is 59.9 Å². The number of nitrogens with zero attached hydrogens (tertiary/aromatic N) is 1. The van der Waals surface area contributed by atoms with Crippen molar-refractivity contribution in [2.75, 3.05) is 14.2 Å². The van der Waals surface area contributed by atoms with Gasteiger partial charge >= 0.3 is 0 Å². The van der Waals surface area contributed by atoms with Gasteiger partial charge in [0.25, 0.3) is 5.91 Å². The first-order valence-corrected chi connectivity index (χ1v) is 8.90. The Hall–Kier alpha value is -2.73. The van der Waals surface area contributed by atoms with Crippen LogP contribution < -0.4 is 14.8 Å². The lowest BCUT2D eigenvalue weighted by Crippen LogP contribution is -2.19. The van der Waals surface area contributed by atoms with Gasteiger partial charge in [0.2, 0.25) is 0 Å². The molecule has 2 aromatic rings. The van der Waals surface area contributed by atoms with Gasteiger partial charge in [-0.1, -0.05) is 12.1 Å². The van der Waals surface area contributed by atoms with E-state index in [0.29, 0.717) is 21.6 Å². The minimum absolute atomic E-state index is 0.160. The molecule has 134 valence electrons. The van der Waals surface area contributed by atoms with Gasteiger partial charge in [0.05, 0.1) is 24.8 Å². The van der Waals surface area contributed by atoms with Gasteiger partial charge in [-0.15, -0.1) is 0 Å². The predicted molar refractivity (Wildman–Crippen MR) is 106 cm³/mol. The molecule has 6 heteroatoms. The third-order valence-corrected chi connectivity index (χ3v) is 4.99. The van der Waals surface area contributed by atoms with Crippen molar-refractivity contribution >= 4 is 34.6 Å². The van der Waals surface area contributed by atoms with E-state index in [0.717, 1.165) is 11.3 Å². The first kappa shape index (κ1) is 18.1. The van der Waals surface area contributed by atoms with Crippen LogP contribution in [0.15, 0.2) is 46.3 Å². The van der Waals surface area contributed by atoms with Crippen LogP contribution in [0.5, 0.6) is 11.5 Å². The molecule has 1 aliphatic heterocycles. The molecule has 1 saturated heterocycles. The molecule has 0 spiro atoms. The van der Waals surface area contributed by atoms with E-state index in [9.17, 15) is 4.79 Å². The molecule has 2 aromatic carbocycles. The molecular formula is C20H20N2O3S. The molecule has 1 fully saturated rings. The third kappa shape index (κ3) is 3.91. The second kappa shape index (κ2) is 7.66. The highest BCUT2D eigenvalue weighted by Gasteiger charge is 2.24. The number of benzene rings is 2. The molecule has 1 N–H and O–H groups in total. The normalized spacial score (nSPS) is 16.8. The Morgan fingerprint density at radius 1 is 1.00 bits per heavy atom. The molecule has 1 heterocycles. The second-order valence-electron chi connectivity index (χ2n) is 5.86. The van der Waals surface area contributed by atoms with Crippen LogP contribution in [0.4, 0.5) is 5.69 Å². The number of nitrogens with one attached hydrogen (secondary N) is 1. The van der Waals surface area contributed by atoms with E-state index in [1.54, 1.807) is 14.2 Å². The molecular weight excluding hydrogens is 348 g/mol. The maximum Gasteiger partial charge on any atom is 0.264 e. The van der Waals surface area contributed by atoms with Crippen molar-refractivity contribution in [2.24, 2.45) is 4.99 Å².